The maximum absolute atomic E-state index is 12.1. The van der Waals surface area contributed by atoms with Crippen LogP contribution in [0.5, 0.6) is 0 Å². The Labute approximate surface area is 93.2 Å². The molecule has 0 aromatic carbocycles. The first kappa shape index (κ1) is 12.2. The van der Waals surface area contributed by atoms with Gasteiger partial charge in [-0.05, 0) is 32.2 Å². The fraction of sp³-hybridized carbons (Fsp3) is 0.444. The largest absolute Gasteiger partial charge is 0.411 e. The van der Waals surface area contributed by atoms with Crippen LogP contribution < -0.4 is 0 Å². The summed E-state index contributed by atoms with van der Waals surface area (Å²) in [4.78, 5) is 0. The van der Waals surface area contributed by atoms with Crippen molar-refractivity contribution >= 4 is 27.4 Å². The fourth-order valence-electron chi connectivity index (χ4n) is 0.960. The first-order valence-corrected chi connectivity index (χ1v) is 6.66. The van der Waals surface area contributed by atoms with E-state index in [2.05, 4.69) is 5.16 Å². The Balaban J connectivity index is 3.35. The second-order valence-electron chi connectivity index (χ2n) is 4.02. The molecule has 1 aromatic rings. The third-order valence-electron chi connectivity index (χ3n) is 1.91. The maximum Gasteiger partial charge on any atom is 0.193 e. The van der Waals surface area contributed by atoms with Gasteiger partial charge in [-0.25, -0.2) is 8.42 Å². The molecule has 1 rings (SSSR count). The molecule has 1 N–H and O–H groups in total. The molecule has 15 heavy (non-hydrogen) atoms. The molecule has 0 saturated carbocycles. The molecule has 4 nitrogen and oxygen atoms in total. The molecular formula is C9H13NO3S2. The molecule has 0 radical (unpaired) electrons. The zero-order valence-electron chi connectivity index (χ0n) is 8.76. The Morgan fingerprint density at radius 2 is 2.07 bits per heavy atom. The molecule has 1 aromatic heterocycles. The Hall–Kier alpha value is -0.880. The highest BCUT2D eigenvalue weighted by Gasteiger charge is 2.33. The van der Waals surface area contributed by atoms with Crippen molar-refractivity contribution < 1.29 is 13.6 Å². The first-order chi connectivity index (χ1) is 6.80. The molecule has 1 heterocycles. The Morgan fingerprint density at radius 3 is 2.53 bits per heavy atom. The minimum Gasteiger partial charge on any atom is -0.411 e. The summed E-state index contributed by atoms with van der Waals surface area (Å²) in [7, 11) is -3.37. The molecule has 0 fully saturated rings. The monoisotopic (exact) mass is 247 g/mol. The van der Waals surface area contributed by atoms with E-state index in [1.807, 2.05) is 0 Å². The van der Waals surface area contributed by atoms with Gasteiger partial charge >= 0.3 is 0 Å². The van der Waals surface area contributed by atoms with Crippen molar-refractivity contribution in [3.63, 3.8) is 0 Å². The maximum atomic E-state index is 12.1. The van der Waals surface area contributed by atoms with Gasteiger partial charge in [0.1, 0.15) is 4.21 Å². The van der Waals surface area contributed by atoms with Crippen LogP contribution in [0.2, 0.25) is 0 Å². The zero-order valence-corrected chi connectivity index (χ0v) is 10.4. The van der Waals surface area contributed by atoms with Crippen LogP contribution in [0.4, 0.5) is 0 Å². The van der Waals surface area contributed by atoms with E-state index in [-0.39, 0.29) is 4.21 Å². The molecule has 0 unspecified atom stereocenters. The molecule has 6 heteroatoms. The second kappa shape index (κ2) is 3.94. The number of sulfone groups is 1. The van der Waals surface area contributed by atoms with Crippen LogP contribution >= 0.6 is 11.3 Å². The number of nitrogens with zero attached hydrogens (tertiary/aromatic N) is 1. The molecule has 0 saturated heterocycles. The van der Waals surface area contributed by atoms with E-state index < -0.39 is 14.6 Å². The van der Waals surface area contributed by atoms with Crippen molar-refractivity contribution in [2.75, 3.05) is 0 Å². The van der Waals surface area contributed by atoms with E-state index >= 15 is 0 Å². The van der Waals surface area contributed by atoms with Crippen LogP contribution in [0, 0.1) is 0 Å². The number of thiophene rings is 1. The molecule has 84 valence electrons. The topological polar surface area (TPSA) is 66.7 Å². The first-order valence-electron chi connectivity index (χ1n) is 4.30. The lowest BCUT2D eigenvalue weighted by Crippen LogP contribution is -2.27. The fourth-order valence-corrected chi connectivity index (χ4v) is 3.97. The van der Waals surface area contributed by atoms with Crippen molar-refractivity contribution in [3.8, 4) is 0 Å². The van der Waals surface area contributed by atoms with Gasteiger partial charge in [0, 0.05) is 5.56 Å². The summed E-state index contributed by atoms with van der Waals surface area (Å²) in [6, 6.07) is 1.61. The van der Waals surface area contributed by atoms with E-state index in [0.717, 1.165) is 17.6 Å². The van der Waals surface area contributed by atoms with E-state index in [0.29, 0.717) is 5.56 Å². The summed E-state index contributed by atoms with van der Waals surface area (Å²) in [5, 5.41) is 12.9. The van der Waals surface area contributed by atoms with E-state index in [9.17, 15) is 8.42 Å². The lowest BCUT2D eigenvalue weighted by atomic mass is 10.3. The van der Waals surface area contributed by atoms with Crippen LogP contribution in [0.15, 0.2) is 20.8 Å². The third-order valence-corrected chi connectivity index (χ3v) is 5.91. The van der Waals surface area contributed by atoms with Crippen LogP contribution in [0.1, 0.15) is 26.3 Å². The standard InChI is InChI=1S/C9H13NO3S2/c1-9(2,3)15(12,13)8-7(6-10-11)4-5-14-8/h4-6,11H,1-3H3. The molecule has 0 spiro atoms. The lowest BCUT2D eigenvalue weighted by molar-refractivity contribution is 0.322. The van der Waals surface area contributed by atoms with Crippen molar-refractivity contribution in [1.82, 2.24) is 0 Å². The summed E-state index contributed by atoms with van der Waals surface area (Å²) in [6.45, 7) is 4.92. The molecule has 0 aliphatic carbocycles. The molecular weight excluding hydrogens is 234 g/mol. The van der Waals surface area contributed by atoms with Gasteiger partial charge in [0.05, 0.1) is 11.0 Å². The highest BCUT2D eigenvalue weighted by atomic mass is 32.2. The summed E-state index contributed by atoms with van der Waals surface area (Å²) in [5.41, 5.74) is 0.428. The highest BCUT2D eigenvalue weighted by molar-refractivity contribution is 7.94. The smallest absolute Gasteiger partial charge is 0.193 e. The number of rotatable bonds is 2. The highest BCUT2D eigenvalue weighted by Crippen LogP contribution is 2.30. The van der Waals surface area contributed by atoms with Crippen molar-refractivity contribution in [3.05, 3.63) is 17.0 Å². The summed E-state index contributed by atoms with van der Waals surface area (Å²) >= 11 is 1.13. The van der Waals surface area contributed by atoms with E-state index in [1.54, 1.807) is 32.2 Å². The predicted octanol–water partition coefficient (Wildman–Crippen LogP) is 2.13. The molecule has 0 amide bonds. The Morgan fingerprint density at radius 1 is 1.47 bits per heavy atom. The van der Waals surface area contributed by atoms with Crippen molar-refractivity contribution in [2.45, 2.75) is 29.7 Å². The van der Waals surface area contributed by atoms with Gasteiger partial charge in [0.2, 0.25) is 0 Å². The van der Waals surface area contributed by atoms with Crippen LogP contribution in [-0.2, 0) is 9.84 Å². The number of oxime groups is 1. The van der Waals surface area contributed by atoms with Gasteiger partial charge in [-0.2, -0.15) is 0 Å². The average Bonchev–Trinajstić information content (AvgIpc) is 2.51. The van der Waals surface area contributed by atoms with Crippen molar-refractivity contribution in [2.24, 2.45) is 5.16 Å². The van der Waals surface area contributed by atoms with Gasteiger partial charge in [0.25, 0.3) is 0 Å². The third kappa shape index (κ3) is 2.21. The second-order valence-corrected chi connectivity index (χ2v) is 7.84. The van der Waals surface area contributed by atoms with E-state index in [1.165, 1.54) is 0 Å². The SMILES string of the molecule is CC(C)(C)S(=O)(=O)c1sccc1C=NO. The van der Waals surface area contributed by atoms with Crippen LogP contribution in [0.25, 0.3) is 0 Å². The summed E-state index contributed by atoms with van der Waals surface area (Å²) < 4.78 is 23.5. The molecule has 0 aliphatic heterocycles. The number of hydrogen-bond donors (Lipinski definition) is 1. The normalized spacial score (nSPS) is 13.5. The molecule has 0 bridgehead atoms. The van der Waals surface area contributed by atoms with Gasteiger partial charge in [-0.1, -0.05) is 5.16 Å². The Bertz CT molecular complexity index is 466. The number of hydrogen-bond acceptors (Lipinski definition) is 5. The van der Waals surface area contributed by atoms with E-state index in [4.69, 9.17) is 5.21 Å². The van der Waals surface area contributed by atoms with Gasteiger partial charge in [-0.3, -0.25) is 0 Å². The average molecular weight is 247 g/mol. The van der Waals surface area contributed by atoms with Gasteiger partial charge in [0.15, 0.2) is 9.84 Å². The molecule has 0 atom stereocenters. The van der Waals surface area contributed by atoms with Crippen LogP contribution in [0.3, 0.4) is 0 Å². The summed E-state index contributed by atoms with van der Waals surface area (Å²) in [6.07, 6.45) is 1.13. The quantitative estimate of drug-likeness (QED) is 0.494. The minimum atomic E-state index is -3.37. The van der Waals surface area contributed by atoms with Gasteiger partial charge in [-0.15, -0.1) is 11.3 Å². The van der Waals surface area contributed by atoms with Gasteiger partial charge < -0.3 is 5.21 Å². The lowest BCUT2D eigenvalue weighted by Gasteiger charge is -2.18. The van der Waals surface area contributed by atoms with Crippen molar-refractivity contribution in [1.29, 1.82) is 0 Å². The molecule has 0 aliphatic rings. The zero-order chi connectivity index (χ0) is 11.7. The minimum absolute atomic E-state index is 0.243. The summed E-state index contributed by atoms with van der Waals surface area (Å²) in [5.74, 6) is 0. The predicted molar refractivity (Wildman–Crippen MR) is 60.6 cm³/mol. The Kier molecular flexibility index (Phi) is 3.20. The van der Waals surface area contributed by atoms with Crippen LogP contribution in [-0.4, -0.2) is 24.6 Å².